The van der Waals surface area contributed by atoms with Crippen molar-refractivity contribution >= 4 is 5.91 Å². The zero-order chi connectivity index (χ0) is 11.1. The van der Waals surface area contributed by atoms with Crippen LogP contribution in [0, 0.1) is 5.92 Å². The van der Waals surface area contributed by atoms with E-state index in [0.29, 0.717) is 6.54 Å². The molecule has 0 spiro atoms. The molecule has 0 aromatic rings. The molecule has 1 amide bonds. The number of rotatable bonds is 5. The first-order chi connectivity index (χ1) is 7.24. The van der Waals surface area contributed by atoms with Gasteiger partial charge in [-0.05, 0) is 45.3 Å². The van der Waals surface area contributed by atoms with E-state index in [9.17, 15) is 4.79 Å². The van der Waals surface area contributed by atoms with Gasteiger partial charge < -0.3 is 15.5 Å². The van der Waals surface area contributed by atoms with Gasteiger partial charge in [-0.3, -0.25) is 4.79 Å². The van der Waals surface area contributed by atoms with E-state index < -0.39 is 0 Å². The largest absolute Gasteiger partial charge is 0.345 e. The summed E-state index contributed by atoms with van der Waals surface area (Å²) >= 11 is 0. The summed E-state index contributed by atoms with van der Waals surface area (Å²) in [6.07, 6.45) is 2.45. The molecular formula is C11H23N3O. The van der Waals surface area contributed by atoms with Crippen LogP contribution >= 0.6 is 0 Å². The Kier molecular flexibility index (Phi) is 5.65. The second-order valence-electron chi connectivity index (χ2n) is 4.23. The Labute approximate surface area is 92.4 Å². The summed E-state index contributed by atoms with van der Waals surface area (Å²) in [6.45, 7) is 6.47. The van der Waals surface area contributed by atoms with Crippen molar-refractivity contribution in [1.29, 1.82) is 0 Å². The molecule has 0 saturated carbocycles. The normalized spacial score (nSPS) is 17.7. The van der Waals surface area contributed by atoms with Gasteiger partial charge in [0.25, 0.3) is 0 Å². The lowest BCUT2D eigenvalue weighted by molar-refractivity contribution is -0.128. The van der Waals surface area contributed by atoms with E-state index in [1.165, 1.54) is 12.8 Å². The molecule has 88 valence electrons. The van der Waals surface area contributed by atoms with E-state index >= 15 is 0 Å². The molecule has 2 N–H and O–H groups in total. The van der Waals surface area contributed by atoms with Crippen molar-refractivity contribution in [1.82, 2.24) is 15.5 Å². The van der Waals surface area contributed by atoms with Crippen LogP contribution in [0.3, 0.4) is 0 Å². The molecule has 1 fully saturated rings. The third-order valence-electron chi connectivity index (χ3n) is 3.07. The molecule has 0 atom stereocenters. The lowest BCUT2D eigenvalue weighted by Crippen LogP contribution is -2.39. The van der Waals surface area contributed by atoms with Gasteiger partial charge >= 0.3 is 0 Å². The molecule has 0 radical (unpaired) electrons. The molecule has 4 heteroatoms. The summed E-state index contributed by atoms with van der Waals surface area (Å²) in [5.74, 6) is 0.928. The second kappa shape index (κ2) is 6.80. The molecule has 4 nitrogen and oxygen atoms in total. The highest BCUT2D eigenvalue weighted by Crippen LogP contribution is 2.09. The number of likely N-dealkylation sites (N-methyl/N-ethyl adjacent to an activating group) is 1. The highest BCUT2D eigenvalue weighted by atomic mass is 16.2. The Hall–Kier alpha value is -0.610. The fraction of sp³-hybridized carbons (Fsp3) is 0.909. The van der Waals surface area contributed by atoms with Gasteiger partial charge in [-0.15, -0.1) is 0 Å². The fourth-order valence-electron chi connectivity index (χ4n) is 1.78. The first kappa shape index (κ1) is 12.5. The predicted octanol–water partition coefficient (Wildman–Crippen LogP) is 0.0539. The van der Waals surface area contributed by atoms with Crippen LogP contribution in [0.25, 0.3) is 0 Å². The van der Waals surface area contributed by atoms with Crippen molar-refractivity contribution in [3.63, 3.8) is 0 Å². The number of carbonyl (C=O) groups excluding carboxylic acids is 1. The van der Waals surface area contributed by atoms with Crippen LogP contribution in [0.2, 0.25) is 0 Å². The Bertz CT molecular complexity index is 190. The zero-order valence-corrected chi connectivity index (χ0v) is 9.88. The van der Waals surface area contributed by atoms with Crippen molar-refractivity contribution in [2.24, 2.45) is 5.92 Å². The van der Waals surface area contributed by atoms with Crippen LogP contribution in [0.1, 0.15) is 19.8 Å². The topological polar surface area (TPSA) is 44.4 Å². The first-order valence-electron chi connectivity index (χ1n) is 5.89. The molecule has 0 aromatic heterocycles. The number of piperidine rings is 1. The molecule has 0 bridgehead atoms. The number of hydrogen-bond donors (Lipinski definition) is 2. The smallest absolute Gasteiger partial charge is 0.236 e. The third kappa shape index (κ3) is 4.62. The van der Waals surface area contributed by atoms with E-state index in [-0.39, 0.29) is 5.91 Å². The highest BCUT2D eigenvalue weighted by Gasteiger charge is 2.13. The summed E-state index contributed by atoms with van der Waals surface area (Å²) in [5.41, 5.74) is 0. The van der Waals surface area contributed by atoms with Gasteiger partial charge in [-0.25, -0.2) is 0 Å². The van der Waals surface area contributed by atoms with Crippen molar-refractivity contribution in [2.45, 2.75) is 19.8 Å². The molecule has 0 aliphatic carbocycles. The van der Waals surface area contributed by atoms with Crippen molar-refractivity contribution < 1.29 is 4.79 Å². The maximum Gasteiger partial charge on any atom is 0.236 e. The van der Waals surface area contributed by atoms with E-state index in [4.69, 9.17) is 0 Å². The summed E-state index contributed by atoms with van der Waals surface area (Å²) in [6, 6.07) is 0. The molecule has 1 aliphatic heterocycles. The minimum Gasteiger partial charge on any atom is -0.345 e. The minimum absolute atomic E-state index is 0.187. The van der Waals surface area contributed by atoms with Gasteiger partial charge in [-0.1, -0.05) is 0 Å². The maximum atomic E-state index is 11.5. The fourth-order valence-corrected chi connectivity index (χ4v) is 1.78. The van der Waals surface area contributed by atoms with Gasteiger partial charge in [0.2, 0.25) is 5.91 Å². The van der Waals surface area contributed by atoms with Crippen LogP contribution in [0.4, 0.5) is 0 Å². The summed E-state index contributed by atoms with van der Waals surface area (Å²) < 4.78 is 0. The zero-order valence-electron chi connectivity index (χ0n) is 9.88. The van der Waals surface area contributed by atoms with Crippen molar-refractivity contribution in [3.05, 3.63) is 0 Å². The lowest BCUT2D eigenvalue weighted by Gasteiger charge is -2.23. The predicted molar refractivity (Wildman–Crippen MR) is 61.8 cm³/mol. The van der Waals surface area contributed by atoms with Crippen molar-refractivity contribution in [2.75, 3.05) is 39.8 Å². The first-order valence-corrected chi connectivity index (χ1v) is 5.89. The number of nitrogens with one attached hydrogen (secondary N) is 2. The Balaban J connectivity index is 2.07. The number of hydrogen-bond acceptors (Lipinski definition) is 3. The SMILES string of the molecule is CCN(C)C(=O)CNCC1CCNCC1. The van der Waals surface area contributed by atoms with E-state index in [1.54, 1.807) is 4.90 Å². The second-order valence-corrected chi connectivity index (χ2v) is 4.23. The molecule has 1 rings (SSSR count). The molecular weight excluding hydrogens is 190 g/mol. The van der Waals surface area contributed by atoms with Crippen LogP contribution < -0.4 is 10.6 Å². The van der Waals surface area contributed by atoms with Gasteiger partial charge in [0, 0.05) is 13.6 Å². The van der Waals surface area contributed by atoms with Crippen LogP contribution in [-0.4, -0.2) is 50.6 Å². The number of amides is 1. The summed E-state index contributed by atoms with van der Waals surface area (Å²) in [5, 5.41) is 6.59. The average molecular weight is 213 g/mol. The van der Waals surface area contributed by atoms with Gasteiger partial charge in [0.15, 0.2) is 0 Å². The Morgan fingerprint density at radius 1 is 1.47 bits per heavy atom. The quantitative estimate of drug-likeness (QED) is 0.678. The number of nitrogens with zero attached hydrogens (tertiary/aromatic N) is 1. The monoisotopic (exact) mass is 213 g/mol. The molecule has 1 heterocycles. The van der Waals surface area contributed by atoms with E-state index in [1.807, 2.05) is 14.0 Å². The van der Waals surface area contributed by atoms with Gasteiger partial charge in [0.05, 0.1) is 6.54 Å². The van der Waals surface area contributed by atoms with Crippen molar-refractivity contribution in [3.8, 4) is 0 Å². The van der Waals surface area contributed by atoms with Crippen LogP contribution in [0.5, 0.6) is 0 Å². The Morgan fingerprint density at radius 2 is 2.13 bits per heavy atom. The minimum atomic E-state index is 0.187. The van der Waals surface area contributed by atoms with Crippen LogP contribution in [-0.2, 0) is 4.79 Å². The Morgan fingerprint density at radius 3 is 2.73 bits per heavy atom. The molecule has 0 unspecified atom stereocenters. The highest BCUT2D eigenvalue weighted by molar-refractivity contribution is 5.77. The number of carbonyl (C=O) groups is 1. The summed E-state index contributed by atoms with van der Waals surface area (Å²) in [4.78, 5) is 13.2. The van der Waals surface area contributed by atoms with Gasteiger partial charge in [0.1, 0.15) is 0 Å². The summed E-state index contributed by atoms with van der Waals surface area (Å²) in [7, 11) is 1.84. The van der Waals surface area contributed by atoms with E-state index in [0.717, 1.165) is 32.1 Å². The standard InChI is InChI=1S/C11H23N3O/c1-3-14(2)11(15)9-13-8-10-4-6-12-7-5-10/h10,12-13H,3-9H2,1-2H3. The molecule has 1 aliphatic rings. The van der Waals surface area contributed by atoms with E-state index in [2.05, 4.69) is 10.6 Å². The van der Waals surface area contributed by atoms with Gasteiger partial charge in [-0.2, -0.15) is 0 Å². The lowest BCUT2D eigenvalue weighted by atomic mass is 9.98. The maximum absolute atomic E-state index is 11.5. The molecule has 15 heavy (non-hydrogen) atoms. The molecule has 0 aromatic carbocycles. The van der Waals surface area contributed by atoms with Crippen LogP contribution in [0.15, 0.2) is 0 Å². The third-order valence-corrected chi connectivity index (χ3v) is 3.07. The average Bonchev–Trinajstić information content (AvgIpc) is 2.29. The molecule has 1 saturated heterocycles.